The molecular weight excluding hydrogens is 226 g/mol. The zero-order valence-corrected chi connectivity index (χ0v) is 11.6. The Bertz CT molecular complexity index is 331. The van der Waals surface area contributed by atoms with Crippen molar-refractivity contribution in [1.29, 1.82) is 0 Å². The van der Waals surface area contributed by atoms with Gasteiger partial charge in [-0.15, -0.1) is 0 Å². The Labute approximate surface area is 110 Å². The lowest BCUT2D eigenvalue weighted by Gasteiger charge is -2.13. The molecule has 0 aliphatic rings. The molecule has 0 aliphatic carbocycles. The monoisotopic (exact) mass is 251 g/mol. The number of aromatic nitrogens is 2. The minimum Gasteiger partial charge on any atom is -0.480 e. The van der Waals surface area contributed by atoms with Crippen molar-refractivity contribution in [2.75, 3.05) is 7.11 Å². The van der Waals surface area contributed by atoms with Gasteiger partial charge in [0.1, 0.15) is 5.69 Å². The molecule has 0 radical (unpaired) electrons. The lowest BCUT2D eigenvalue weighted by Crippen LogP contribution is -2.14. The van der Waals surface area contributed by atoms with Crippen LogP contribution in [0.15, 0.2) is 12.4 Å². The van der Waals surface area contributed by atoms with Crippen LogP contribution >= 0.6 is 0 Å². The maximum absolute atomic E-state index is 6.13. The molecule has 0 aromatic carbocycles. The van der Waals surface area contributed by atoms with Crippen LogP contribution in [-0.4, -0.2) is 17.1 Å². The lowest BCUT2D eigenvalue weighted by atomic mass is 10.0. The Balaban J connectivity index is 2.29. The summed E-state index contributed by atoms with van der Waals surface area (Å²) in [7, 11) is 1.60. The topological polar surface area (TPSA) is 61.0 Å². The minimum absolute atomic E-state index is 0.0696. The van der Waals surface area contributed by atoms with Crippen LogP contribution in [0.3, 0.4) is 0 Å². The van der Waals surface area contributed by atoms with Crippen molar-refractivity contribution >= 4 is 0 Å². The molecule has 0 fully saturated rings. The smallest absolute Gasteiger partial charge is 0.236 e. The molecule has 0 amide bonds. The maximum Gasteiger partial charge on any atom is 0.236 e. The molecule has 1 atom stereocenters. The summed E-state index contributed by atoms with van der Waals surface area (Å²) in [6, 6.07) is -0.0696. The van der Waals surface area contributed by atoms with E-state index in [0.29, 0.717) is 5.88 Å². The van der Waals surface area contributed by atoms with Gasteiger partial charge in [-0.2, -0.15) is 0 Å². The van der Waals surface area contributed by atoms with Crippen LogP contribution in [0.25, 0.3) is 0 Å². The molecule has 0 spiro atoms. The van der Waals surface area contributed by atoms with Gasteiger partial charge in [0.05, 0.1) is 13.2 Å². The molecule has 4 nitrogen and oxygen atoms in total. The normalized spacial score (nSPS) is 12.4. The molecule has 4 heteroatoms. The summed E-state index contributed by atoms with van der Waals surface area (Å²) < 4.78 is 5.17. The highest BCUT2D eigenvalue weighted by molar-refractivity contribution is 5.20. The Morgan fingerprint density at radius 3 is 2.50 bits per heavy atom. The third-order valence-electron chi connectivity index (χ3n) is 3.10. The molecule has 0 aliphatic heterocycles. The molecule has 1 heterocycles. The first-order valence-corrected chi connectivity index (χ1v) is 6.90. The zero-order chi connectivity index (χ0) is 13.2. The van der Waals surface area contributed by atoms with Crippen molar-refractivity contribution in [2.45, 2.75) is 57.9 Å². The van der Waals surface area contributed by atoms with Crippen LogP contribution in [0.2, 0.25) is 0 Å². The molecule has 0 saturated carbocycles. The molecule has 1 aromatic rings. The molecule has 2 N–H and O–H groups in total. The highest BCUT2D eigenvalue weighted by Gasteiger charge is 2.13. The number of nitrogens with two attached hydrogens (primary N) is 1. The molecule has 1 unspecified atom stereocenters. The van der Waals surface area contributed by atoms with Gasteiger partial charge in [0.15, 0.2) is 0 Å². The second-order valence-electron chi connectivity index (χ2n) is 4.61. The summed E-state index contributed by atoms with van der Waals surface area (Å²) in [4.78, 5) is 8.39. The highest BCUT2D eigenvalue weighted by Crippen LogP contribution is 2.22. The van der Waals surface area contributed by atoms with Crippen LogP contribution in [0.4, 0.5) is 0 Å². The number of hydrogen-bond acceptors (Lipinski definition) is 4. The first-order chi connectivity index (χ1) is 8.79. The average Bonchev–Trinajstić information content (AvgIpc) is 2.42. The van der Waals surface area contributed by atoms with E-state index >= 15 is 0 Å². The number of unbranched alkanes of at least 4 members (excludes halogenated alkanes) is 5. The lowest BCUT2D eigenvalue weighted by molar-refractivity contribution is 0.381. The largest absolute Gasteiger partial charge is 0.480 e. The van der Waals surface area contributed by atoms with Gasteiger partial charge >= 0.3 is 0 Å². The van der Waals surface area contributed by atoms with E-state index < -0.39 is 0 Å². The summed E-state index contributed by atoms with van der Waals surface area (Å²) in [6.45, 7) is 2.23. The van der Waals surface area contributed by atoms with Gasteiger partial charge < -0.3 is 10.5 Å². The summed E-state index contributed by atoms with van der Waals surface area (Å²) in [5, 5.41) is 0. The van der Waals surface area contributed by atoms with Crippen molar-refractivity contribution < 1.29 is 4.74 Å². The van der Waals surface area contributed by atoms with Gasteiger partial charge in [-0.05, 0) is 6.42 Å². The predicted molar refractivity (Wildman–Crippen MR) is 73.5 cm³/mol. The van der Waals surface area contributed by atoms with E-state index in [1.807, 2.05) is 0 Å². The van der Waals surface area contributed by atoms with E-state index in [2.05, 4.69) is 16.9 Å². The first kappa shape index (κ1) is 14.9. The fraction of sp³-hybridized carbons (Fsp3) is 0.714. The molecule has 0 saturated heterocycles. The Hall–Kier alpha value is -1.16. The van der Waals surface area contributed by atoms with Crippen LogP contribution in [0.5, 0.6) is 5.88 Å². The first-order valence-electron chi connectivity index (χ1n) is 6.90. The van der Waals surface area contributed by atoms with Crippen LogP contribution in [0, 0.1) is 0 Å². The maximum atomic E-state index is 6.13. The summed E-state index contributed by atoms with van der Waals surface area (Å²) >= 11 is 0. The number of methoxy groups -OCH3 is 1. The molecule has 1 rings (SSSR count). The van der Waals surface area contributed by atoms with Gasteiger partial charge in [-0.1, -0.05) is 45.4 Å². The molecular formula is C14H25N3O. The van der Waals surface area contributed by atoms with Crippen LogP contribution in [0.1, 0.15) is 63.6 Å². The highest BCUT2D eigenvalue weighted by atomic mass is 16.5. The van der Waals surface area contributed by atoms with Crippen molar-refractivity contribution in [2.24, 2.45) is 5.73 Å². The SMILES string of the molecule is CCCCCCCCC(N)c1nccnc1OC. The van der Waals surface area contributed by atoms with Gasteiger partial charge in [-0.25, -0.2) is 4.98 Å². The van der Waals surface area contributed by atoms with E-state index in [1.54, 1.807) is 19.5 Å². The van der Waals surface area contributed by atoms with Gasteiger partial charge in [0, 0.05) is 12.4 Å². The average molecular weight is 251 g/mol. The molecule has 1 aromatic heterocycles. The third-order valence-corrected chi connectivity index (χ3v) is 3.10. The van der Waals surface area contributed by atoms with Gasteiger partial charge in [-0.3, -0.25) is 4.98 Å². The fourth-order valence-corrected chi connectivity index (χ4v) is 2.03. The summed E-state index contributed by atoms with van der Waals surface area (Å²) in [6.07, 6.45) is 11.9. The number of ether oxygens (including phenoxy) is 1. The van der Waals surface area contributed by atoms with Gasteiger partial charge in [0.25, 0.3) is 0 Å². The number of nitrogens with zero attached hydrogens (tertiary/aromatic N) is 2. The quantitative estimate of drug-likeness (QED) is 0.684. The van der Waals surface area contributed by atoms with Crippen LogP contribution in [-0.2, 0) is 0 Å². The minimum atomic E-state index is -0.0696. The third kappa shape index (κ3) is 5.00. The second kappa shape index (κ2) is 8.86. The zero-order valence-electron chi connectivity index (χ0n) is 11.6. The van der Waals surface area contributed by atoms with E-state index in [-0.39, 0.29) is 6.04 Å². The van der Waals surface area contributed by atoms with Crippen molar-refractivity contribution in [3.63, 3.8) is 0 Å². The molecule has 102 valence electrons. The van der Waals surface area contributed by atoms with Crippen molar-refractivity contribution in [3.8, 4) is 5.88 Å². The van der Waals surface area contributed by atoms with Crippen molar-refractivity contribution in [3.05, 3.63) is 18.1 Å². The molecule has 18 heavy (non-hydrogen) atoms. The summed E-state index contributed by atoms with van der Waals surface area (Å²) in [5.41, 5.74) is 6.90. The fourth-order valence-electron chi connectivity index (χ4n) is 2.03. The number of hydrogen-bond donors (Lipinski definition) is 1. The predicted octanol–water partition coefficient (Wildman–Crippen LogP) is 3.24. The molecule has 0 bridgehead atoms. The number of rotatable bonds is 9. The van der Waals surface area contributed by atoms with E-state index in [1.165, 1.54) is 32.1 Å². The van der Waals surface area contributed by atoms with E-state index in [9.17, 15) is 0 Å². The van der Waals surface area contributed by atoms with Crippen LogP contribution < -0.4 is 10.5 Å². The summed E-state index contributed by atoms with van der Waals surface area (Å²) in [5.74, 6) is 0.552. The Morgan fingerprint density at radius 2 is 1.78 bits per heavy atom. The second-order valence-corrected chi connectivity index (χ2v) is 4.61. The van der Waals surface area contributed by atoms with Crippen molar-refractivity contribution in [1.82, 2.24) is 9.97 Å². The Kier molecular flexibility index (Phi) is 7.34. The Morgan fingerprint density at radius 1 is 1.11 bits per heavy atom. The standard InChI is InChI=1S/C14H25N3O/c1-3-4-5-6-7-8-9-12(15)13-14(18-2)17-11-10-16-13/h10-12H,3-9,15H2,1-2H3. The van der Waals surface area contributed by atoms with Gasteiger partial charge in [0.2, 0.25) is 5.88 Å². The van der Waals surface area contributed by atoms with E-state index in [4.69, 9.17) is 10.5 Å². The van der Waals surface area contributed by atoms with E-state index in [0.717, 1.165) is 18.5 Å².